The maximum absolute atomic E-state index is 12.5. The van der Waals surface area contributed by atoms with Crippen molar-refractivity contribution in [1.29, 1.82) is 0 Å². The first-order valence-electron chi connectivity index (χ1n) is 7.72. The zero-order valence-electron chi connectivity index (χ0n) is 14.0. The van der Waals surface area contributed by atoms with Crippen molar-refractivity contribution in [3.8, 4) is 5.75 Å². The van der Waals surface area contributed by atoms with Crippen LogP contribution in [-0.2, 0) is 10.0 Å². The van der Waals surface area contributed by atoms with Crippen LogP contribution in [0.4, 0.5) is 5.69 Å². The lowest BCUT2D eigenvalue weighted by Gasteiger charge is -2.12. The summed E-state index contributed by atoms with van der Waals surface area (Å²) in [6, 6.07) is 6.90. The van der Waals surface area contributed by atoms with Crippen LogP contribution in [0.2, 0.25) is 5.02 Å². The van der Waals surface area contributed by atoms with Gasteiger partial charge >= 0.3 is 0 Å². The molecule has 0 unspecified atom stereocenters. The molecule has 0 fully saturated rings. The van der Waals surface area contributed by atoms with Crippen molar-refractivity contribution in [3.05, 3.63) is 63.7 Å². The number of hydrogen-bond donors (Lipinski definition) is 2. The number of rotatable bonds is 4. The molecule has 0 bridgehead atoms. The van der Waals surface area contributed by atoms with Gasteiger partial charge in [0.1, 0.15) is 0 Å². The molecule has 0 aliphatic carbocycles. The number of aromatic hydroxyl groups is 1. The molecule has 7 nitrogen and oxygen atoms in total. The maximum Gasteiger partial charge on any atom is 0.262 e. The number of aromatic nitrogens is 2. The molecule has 9 heteroatoms. The first-order chi connectivity index (χ1) is 12.2. The van der Waals surface area contributed by atoms with Crippen LogP contribution in [0.3, 0.4) is 0 Å². The van der Waals surface area contributed by atoms with Crippen molar-refractivity contribution in [1.82, 2.24) is 9.38 Å². The van der Waals surface area contributed by atoms with Crippen LogP contribution in [-0.4, -0.2) is 22.9 Å². The lowest BCUT2D eigenvalue weighted by Crippen LogP contribution is -2.21. The van der Waals surface area contributed by atoms with Crippen LogP contribution in [0, 0.1) is 0 Å². The van der Waals surface area contributed by atoms with E-state index in [0.29, 0.717) is 10.6 Å². The van der Waals surface area contributed by atoms with Crippen molar-refractivity contribution in [2.24, 2.45) is 0 Å². The van der Waals surface area contributed by atoms with Crippen LogP contribution < -0.4 is 10.3 Å². The Labute approximate surface area is 155 Å². The van der Waals surface area contributed by atoms with E-state index in [2.05, 4.69) is 9.71 Å². The predicted molar refractivity (Wildman–Crippen MR) is 99.5 cm³/mol. The molecule has 0 aliphatic rings. The Morgan fingerprint density at radius 1 is 1.19 bits per heavy atom. The number of halogens is 1. The Hall–Kier alpha value is -2.58. The van der Waals surface area contributed by atoms with Crippen molar-refractivity contribution >= 4 is 33.0 Å². The van der Waals surface area contributed by atoms with Crippen molar-refractivity contribution in [3.63, 3.8) is 0 Å². The van der Waals surface area contributed by atoms with Gasteiger partial charge in [0.25, 0.3) is 15.6 Å². The molecule has 2 heterocycles. The second kappa shape index (κ2) is 6.62. The van der Waals surface area contributed by atoms with E-state index in [9.17, 15) is 18.3 Å². The predicted octanol–water partition coefficient (Wildman–Crippen LogP) is 2.98. The van der Waals surface area contributed by atoms with Gasteiger partial charge in [0.2, 0.25) is 0 Å². The Balaban J connectivity index is 2.07. The number of hydrogen-bond acceptors (Lipinski definition) is 5. The third-order valence-corrected chi connectivity index (χ3v) is 5.50. The minimum atomic E-state index is -3.94. The maximum atomic E-state index is 12.5. The summed E-state index contributed by atoms with van der Waals surface area (Å²) < 4.78 is 28.4. The molecule has 0 saturated heterocycles. The molecule has 0 radical (unpaired) electrons. The van der Waals surface area contributed by atoms with Gasteiger partial charge in [-0.15, -0.1) is 0 Å². The van der Waals surface area contributed by atoms with E-state index < -0.39 is 15.8 Å². The van der Waals surface area contributed by atoms with Crippen LogP contribution in [0.25, 0.3) is 5.65 Å². The summed E-state index contributed by atoms with van der Waals surface area (Å²) in [5.74, 6) is -0.463. The summed E-state index contributed by atoms with van der Waals surface area (Å²) >= 11 is 5.77. The van der Waals surface area contributed by atoms with Gasteiger partial charge in [0, 0.05) is 23.0 Å². The highest BCUT2D eigenvalue weighted by Gasteiger charge is 2.19. The summed E-state index contributed by atoms with van der Waals surface area (Å²) in [6.45, 7) is 3.72. The molecule has 0 amide bonds. The second-order valence-corrected chi connectivity index (χ2v) is 8.12. The smallest absolute Gasteiger partial charge is 0.262 e. The summed E-state index contributed by atoms with van der Waals surface area (Å²) in [5, 5.41) is 10.8. The fourth-order valence-electron chi connectivity index (χ4n) is 2.44. The highest BCUT2D eigenvalue weighted by molar-refractivity contribution is 7.92. The van der Waals surface area contributed by atoms with Crippen LogP contribution in [0.1, 0.15) is 25.3 Å². The summed E-state index contributed by atoms with van der Waals surface area (Å²) in [7, 11) is -3.94. The minimum Gasteiger partial charge on any atom is -0.503 e. The number of benzene rings is 1. The first-order valence-corrected chi connectivity index (χ1v) is 9.58. The third-order valence-electron chi connectivity index (χ3n) is 3.87. The average Bonchev–Trinajstić information content (AvgIpc) is 2.58. The number of nitrogens with one attached hydrogen (secondary N) is 1. The molecule has 0 saturated carbocycles. The van der Waals surface area contributed by atoms with E-state index in [1.807, 2.05) is 13.8 Å². The van der Waals surface area contributed by atoms with Crippen LogP contribution in [0.15, 0.2) is 52.4 Å². The largest absolute Gasteiger partial charge is 0.503 e. The fraction of sp³-hybridized carbons (Fsp3) is 0.176. The summed E-state index contributed by atoms with van der Waals surface area (Å²) in [5.41, 5.74) is 0.0728. The quantitative estimate of drug-likeness (QED) is 0.709. The van der Waals surface area contributed by atoms with Gasteiger partial charge in [0.05, 0.1) is 10.6 Å². The van der Waals surface area contributed by atoms with Gasteiger partial charge < -0.3 is 5.11 Å². The van der Waals surface area contributed by atoms with Gasteiger partial charge in [-0.25, -0.2) is 13.4 Å². The van der Waals surface area contributed by atoms with Crippen molar-refractivity contribution in [2.45, 2.75) is 24.7 Å². The standard InChI is InChI=1S/C17H16ClN3O4S/c1-10(2)13-9-19-16-15(22)14(7-8-21(16)17(13)23)20-26(24,25)12-5-3-11(18)4-6-12/h3-10,20,22H,1-2H3. The van der Waals surface area contributed by atoms with Crippen molar-refractivity contribution in [2.75, 3.05) is 4.72 Å². The number of pyridine rings is 1. The Bertz CT molecular complexity index is 1140. The second-order valence-electron chi connectivity index (χ2n) is 6.00. The Kier molecular flexibility index (Phi) is 4.64. The molecule has 0 atom stereocenters. The highest BCUT2D eigenvalue weighted by atomic mass is 35.5. The van der Waals surface area contributed by atoms with E-state index >= 15 is 0 Å². The van der Waals surface area contributed by atoms with Gasteiger partial charge in [0.15, 0.2) is 11.4 Å². The lowest BCUT2D eigenvalue weighted by atomic mass is 10.1. The monoisotopic (exact) mass is 393 g/mol. The zero-order valence-corrected chi connectivity index (χ0v) is 15.5. The zero-order chi connectivity index (χ0) is 19.1. The van der Waals surface area contributed by atoms with E-state index in [0.717, 1.165) is 0 Å². The molecule has 136 valence electrons. The molecular formula is C17H16ClN3O4S. The minimum absolute atomic E-state index is 0.0123. The van der Waals surface area contributed by atoms with Crippen LogP contribution >= 0.6 is 11.6 Å². The Morgan fingerprint density at radius 2 is 1.85 bits per heavy atom. The lowest BCUT2D eigenvalue weighted by molar-refractivity contribution is 0.479. The third kappa shape index (κ3) is 3.25. The van der Waals surface area contributed by atoms with Crippen molar-refractivity contribution < 1.29 is 13.5 Å². The fourth-order valence-corrected chi connectivity index (χ4v) is 3.63. The molecule has 0 spiro atoms. The number of fused-ring (bicyclic) bond motifs is 1. The van der Waals surface area contributed by atoms with Gasteiger partial charge in [-0.05, 0) is 36.2 Å². The molecule has 1 aromatic carbocycles. The summed E-state index contributed by atoms with van der Waals surface area (Å²) in [6.07, 6.45) is 2.76. The van der Waals surface area contributed by atoms with Gasteiger partial charge in [-0.2, -0.15) is 0 Å². The molecule has 26 heavy (non-hydrogen) atoms. The van der Waals surface area contributed by atoms with E-state index in [-0.39, 0.29) is 27.7 Å². The normalized spacial score (nSPS) is 11.8. The highest BCUT2D eigenvalue weighted by Crippen LogP contribution is 2.29. The number of sulfonamides is 1. The number of nitrogens with zero attached hydrogens (tertiary/aromatic N) is 2. The van der Waals surface area contributed by atoms with E-state index in [4.69, 9.17) is 11.6 Å². The summed E-state index contributed by atoms with van der Waals surface area (Å²) in [4.78, 5) is 16.5. The molecule has 3 rings (SSSR count). The SMILES string of the molecule is CC(C)c1cnc2c(O)c(NS(=O)(=O)c3ccc(Cl)cc3)ccn2c1=O. The Morgan fingerprint density at radius 3 is 2.46 bits per heavy atom. The molecular weight excluding hydrogens is 378 g/mol. The molecule has 3 aromatic rings. The van der Waals surface area contributed by atoms with Gasteiger partial charge in [-0.1, -0.05) is 25.4 Å². The van der Waals surface area contributed by atoms with Crippen LogP contribution in [0.5, 0.6) is 5.75 Å². The van der Waals surface area contributed by atoms with Gasteiger partial charge in [-0.3, -0.25) is 13.9 Å². The van der Waals surface area contributed by atoms with E-state index in [1.54, 1.807) is 0 Å². The average molecular weight is 394 g/mol. The molecule has 2 aromatic heterocycles. The van der Waals surface area contributed by atoms with E-state index in [1.165, 1.54) is 47.1 Å². The number of anilines is 1. The molecule has 0 aliphatic heterocycles. The molecule has 2 N–H and O–H groups in total. The topological polar surface area (TPSA) is 101 Å². The first kappa shape index (κ1) is 18.2.